The third-order valence-electron chi connectivity index (χ3n) is 3.34. The molecule has 0 aliphatic heterocycles. The van der Waals surface area contributed by atoms with E-state index in [-0.39, 0.29) is 18.1 Å². The number of carbonyl (C=O) groups is 1. The van der Waals surface area contributed by atoms with Gasteiger partial charge in [0.05, 0.1) is 12.2 Å². The summed E-state index contributed by atoms with van der Waals surface area (Å²) in [5, 5.41) is 0.883. The summed E-state index contributed by atoms with van der Waals surface area (Å²) >= 11 is 0. The van der Waals surface area contributed by atoms with Gasteiger partial charge in [0.2, 0.25) is 15.9 Å². The Morgan fingerprint density at radius 2 is 2.05 bits per heavy atom. The molecule has 0 fully saturated rings. The van der Waals surface area contributed by atoms with Crippen molar-refractivity contribution in [2.24, 2.45) is 0 Å². The molecule has 0 unspecified atom stereocenters. The molecule has 0 atom stereocenters. The number of likely N-dealkylation sites (N-methyl/N-ethyl adjacent to an activating group) is 1. The highest BCUT2D eigenvalue weighted by Gasteiger charge is 2.13. The second-order valence-corrected chi connectivity index (χ2v) is 7.05. The van der Waals surface area contributed by atoms with E-state index in [9.17, 15) is 13.2 Å². The predicted molar refractivity (Wildman–Crippen MR) is 82.4 cm³/mol. The molecule has 0 saturated carbocycles. The number of nitrogens with one attached hydrogen (secondary N) is 2. The van der Waals surface area contributed by atoms with E-state index in [2.05, 4.69) is 9.71 Å². The van der Waals surface area contributed by atoms with Gasteiger partial charge in [-0.1, -0.05) is 6.07 Å². The van der Waals surface area contributed by atoms with Crippen molar-refractivity contribution in [1.29, 1.82) is 0 Å². The maximum absolute atomic E-state index is 11.8. The first-order chi connectivity index (χ1) is 9.82. The summed E-state index contributed by atoms with van der Waals surface area (Å²) in [5.74, 6) is -0.0738. The van der Waals surface area contributed by atoms with Crippen molar-refractivity contribution in [2.45, 2.75) is 12.2 Å². The van der Waals surface area contributed by atoms with Crippen molar-refractivity contribution >= 4 is 26.8 Å². The van der Waals surface area contributed by atoms with Crippen molar-refractivity contribution < 1.29 is 13.2 Å². The van der Waals surface area contributed by atoms with Crippen molar-refractivity contribution in [2.75, 3.05) is 21.1 Å². The first kappa shape index (κ1) is 15.5. The SMILES string of the molecule is CNS(=O)(=O)Cc1ccc2[nH]cc(CC(=O)N(C)C)c2c1. The number of hydrogen-bond donors (Lipinski definition) is 2. The molecule has 2 rings (SSSR count). The van der Waals surface area contributed by atoms with Gasteiger partial charge in [0, 0.05) is 31.2 Å². The Labute approximate surface area is 124 Å². The molecule has 0 spiro atoms. The van der Waals surface area contributed by atoms with Crippen molar-refractivity contribution in [3.63, 3.8) is 0 Å². The number of benzene rings is 1. The van der Waals surface area contributed by atoms with Crippen LogP contribution in [-0.2, 0) is 27.0 Å². The fourth-order valence-electron chi connectivity index (χ4n) is 2.07. The van der Waals surface area contributed by atoms with Crippen LogP contribution in [0.25, 0.3) is 10.9 Å². The number of fused-ring (bicyclic) bond motifs is 1. The normalized spacial score (nSPS) is 11.8. The molecule has 7 heteroatoms. The third kappa shape index (κ3) is 3.62. The minimum Gasteiger partial charge on any atom is -0.361 e. The Bertz CT molecular complexity index is 763. The molecular weight excluding hydrogens is 290 g/mol. The fraction of sp³-hybridized carbons (Fsp3) is 0.357. The average molecular weight is 309 g/mol. The molecule has 1 aromatic carbocycles. The molecule has 114 valence electrons. The van der Waals surface area contributed by atoms with Gasteiger partial charge in [0.15, 0.2) is 0 Å². The Morgan fingerprint density at radius 1 is 1.33 bits per heavy atom. The lowest BCUT2D eigenvalue weighted by molar-refractivity contribution is -0.127. The van der Waals surface area contributed by atoms with Gasteiger partial charge in [-0.25, -0.2) is 13.1 Å². The van der Waals surface area contributed by atoms with E-state index in [0.717, 1.165) is 16.5 Å². The monoisotopic (exact) mass is 309 g/mol. The van der Waals surface area contributed by atoms with Gasteiger partial charge in [-0.05, 0) is 30.3 Å². The maximum Gasteiger partial charge on any atom is 0.226 e. The van der Waals surface area contributed by atoms with Crippen LogP contribution in [0.5, 0.6) is 0 Å². The molecule has 0 aliphatic rings. The smallest absolute Gasteiger partial charge is 0.226 e. The highest BCUT2D eigenvalue weighted by molar-refractivity contribution is 7.88. The lowest BCUT2D eigenvalue weighted by Crippen LogP contribution is -2.23. The Hall–Kier alpha value is -1.86. The van der Waals surface area contributed by atoms with Gasteiger partial charge in [-0.15, -0.1) is 0 Å². The number of aromatic amines is 1. The molecule has 1 amide bonds. The number of hydrogen-bond acceptors (Lipinski definition) is 3. The summed E-state index contributed by atoms with van der Waals surface area (Å²) in [6.45, 7) is 0. The first-order valence-corrected chi connectivity index (χ1v) is 8.18. The molecule has 21 heavy (non-hydrogen) atoms. The quantitative estimate of drug-likeness (QED) is 0.859. The lowest BCUT2D eigenvalue weighted by Gasteiger charge is -2.09. The van der Waals surface area contributed by atoms with Crippen LogP contribution in [0.2, 0.25) is 0 Å². The number of nitrogens with zero attached hydrogens (tertiary/aromatic N) is 1. The van der Waals surface area contributed by atoms with Crippen molar-refractivity contribution in [3.05, 3.63) is 35.5 Å². The summed E-state index contributed by atoms with van der Waals surface area (Å²) in [6, 6.07) is 5.42. The van der Waals surface area contributed by atoms with Crippen LogP contribution < -0.4 is 4.72 Å². The number of aromatic nitrogens is 1. The number of H-pyrrole nitrogens is 1. The average Bonchev–Trinajstić information content (AvgIpc) is 2.81. The van der Waals surface area contributed by atoms with E-state index >= 15 is 0 Å². The summed E-state index contributed by atoms with van der Waals surface area (Å²) in [6.07, 6.45) is 2.08. The zero-order valence-electron chi connectivity index (χ0n) is 12.3. The Balaban J connectivity index is 2.35. The molecule has 0 saturated heterocycles. The number of rotatable bonds is 5. The zero-order chi connectivity index (χ0) is 15.6. The van der Waals surface area contributed by atoms with Crippen LogP contribution in [0.3, 0.4) is 0 Å². The Kier molecular flexibility index (Phi) is 4.34. The van der Waals surface area contributed by atoms with Crippen LogP contribution >= 0.6 is 0 Å². The third-order valence-corrected chi connectivity index (χ3v) is 4.68. The van der Waals surface area contributed by atoms with Gasteiger partial charge < -0.3 is 9.88 Å². The second-order valence-electron chi connectivity index (χ2n) is 5.12. The van der Waals surface area contributed by atoms with Gasteiger partial charge in [-0.2, -0.15) is 0 Å². The number of carbonyl (C=O) groups excluding carboxylic acids is 1. The van der Waals surface area contributed by atoms with Gasteiger partial charge in [0.1, 0.15) is 0 Å². The van der Waals surface area contributed by atoms with Crippen LogP contribution in [-0.4, -0.2) is 45.4 Å². The predicted octanol–water partition coefficient (Wildman–Crippen LogP) is 0.848. The molecular formula is C14H19N3O3S. The van der Waals surface area contributed by atoms with E-state index in [1.807, 2.05) is 12.1 Å². The standard InChI is InChI=1S/C14H19N3O3S/c1-15-21(19,20)9-10-4-5-13-12(6-10)11(8-16-13)7-14(18)17(2)3/h4-6,8,15-16H,7,9H2,1-3H3. The minimum atomic E-state index is -3.31. The Morgan fingerprint density at radius 3 is 2.67 bits per heavy atom. The van der Waals surface area contributed by atoms with E-state index in [0.29, 0.717) is 5.56 Å². The van der Waals surface area contributed by atoms with Gasteiger partial charge in [0.25, 0.3) is 0 Å². The van der Waals surface area contributed by atoms with Gasteiger partial charge in [-0.3, -0.25) is 4.79 Å². The van der Waals surface area contributed by atoms with Crippen LogP contribution in [0.4, 0.5) is 0 Å². The van der Waals surface area contributed by atoms with Crippen LogP contribution in [0.15, 0.2) is 24.4 Å². The minimum absolute atomic E-state index is 0.00384. The van der Waals surface area contributed by atoms with Crippen LogP contribution in [0.1, 0.15) is 11.1 Å². The van der Waals surface area contributed by atoms with Crippen molar-refractivity contribution in [1.82, 2.24) is 14.6 Å². The van der Waals surface area contributed by atoms with Crippen LogP contribution in [0, 0.1) is 0 Å². The summed E-state index contributed by atoms with van der Waals surface area (Å²) in [4.78, 5) is 16.5. The number of amides is 1. The van der Waals surface area contributed by atoms with Gasteiger partial charge >= 0.3 is 0 Å². The molecule has 6 nitrogen and oxygen atoms in total. The highest BCUT2D eigenvalue weighted by Crippen LogP contribution is 2.21. The fourth-order valence-corrected chi connectivity index (χ4v) is 2.84. The highest BCUT2D eigenvalue weighted by atomic mass is 32.2. The van der Waals surface area contributed by atoms with E-state index < -0.39 is 10.0 Å². The lowest BCUT2D eigenvalue weighted by atomic mass is 10.1. The molecule has 1 heterocycles. The largest absolute Gasteiger partial charge is 0.361 e. The van der Waals surface area contributed by atoms with E-state index in [1.165, 1.54) is 11.9 Å². The van der Waals surface area contributed by atoms with E-state index in [1.54, 1.807) is 26.4 Å². The first-order valence-electron chi connectivity index (χ1n) is 6.52. The summed E-state index contributed by atoms with van der Waals surface area (Å²) < 4.78 is 25.5. The molecule has 2 aromatic rings. The molecule has 0 radical (unpaired) electrons. The molecule has 0 aliphatic carbocycles. The molecule has 1 aromatic heterocycles. The van der Waals surface area contributed by atoms with Crippen molar-refractivity contribution in [3.8, 4) is 0 Å². The topological polar surface area (TPSA) is 82.3 Å². The zero-order valence-corrected chi connectivity index (χ0v) is 13.1. The number of sulfonamides is 1. The van der Waals surface area contributed by atoms with E-state index in [4.69, 9.17) is 0 Å². The maximum atomic E-state index is 11.8. The summed E-state index contributed by atoms with van der Waals surface area (Å²) in [5.41, 5.74) is 2.45. The molecule has 0 bridgehead atoms. The molecule has 2 N–H and O–H groups in total. The second kappa shape index (κ2) is 5.87. The summed E-state index contributed by atoms with van der Waals surface area (Å²) in [7, 11) is 1.51.